The molecule has 3 N–H and O–H groups in total. The second-order valence-corrected chi connectivity index (χ2v) is 6.34. The van der Waals surface area contributed by atoms with E-state index in [0.717, 1.165) is 0 Å². The van der Waals surface area contributed by atoms with Crippen LogP contribution in [-0.4, -0.2) is 46.2 Å². The van der Waals surface area contributed by atoms with E-state index in [1.165, 1.54) is 32.0 Å². The second-order valence-electron chi connectivity index (χ2n) is 6.34. The highest BCUT2D eigenvalue weighted by Gasteiger charge is 2.19. The highest BCUT2D eigenvalue weighted by molar-refractivity contribution is 6.00. The molecule has 0 aliphatic carbocycles. The molecule has 0 saturated heterocycles. The molecule has 0 heterocycles. The van der Waals surface area contributed by atoms with Gasteiger partial charge in [-0.1, -0.05) is 19.1 Å². The van der Waals surface area contributed by atoms with Crippen LogP contribution in [0.1, 0.15) is 47.1 Å². The zero-order valence-corrected chi connectivity index (χ0v) is 16.1. The summed E-state index contributed by atoms with van der Waals surface area (Å²) in [6.45, 7) is 4.10. The first kappa shape index (κ1) is 21.2. The number of phenolic OH excluding ortho intramolecular Hbond substituents is 2. The lowest BCUT2D eigenvalue weighted by atomic mass is 10.0. The standard InChI is InChI=1S/C21H24O7/c1-4-14-8-9-18(20(13(3)23)21(14)26)28-11-15(24)10-27-17-7-5-6-16(25)19(17)12(2)22/h5-9,15,24-26H,4,10-11H2,1-3H3. The molecular formula is C21H24O7. The third-order valence-electron chi connectivity index (χ3n) is 4.17. The summed E-state index contributed by atoms with van der Waals surface area (Å²) >= 11 is 0. The van der Waals surface area contributed by atoms with Gasteiger partial charge in [0.2, 0.25) is 0 Å². The fraction of sp³-hybridized carbons (Fsp3) is 0.333. The number of Topliss-reactive ketones (excluding diaryl/α,β-unsaturated/α-hetero) is 2. The third kappa shape index (κ3) is 4.80. The number of aromatic hydroxyl groups is 2. The Morgan fingerprint density at radius 1 is 0.929 bits per heavy atom. The van der Waals surface area contributed by atoms with Crippen molar-refractivity contribution in [1.29, 1.82) is 0 Å². The molecule has 0 bridgehead atoms. The van der Waals surface area contributed by atoms with E-state index in [2.05, 4.69) is 0 Å². The minimum atomic E-state index is -1.07. The molecule has 0 fully saturated rings. The van der Waals surface area contributed by atoms with Crippen LogP contribution in [0.15, 0.2) is 30.3 Å². The molecule has 7 nitrogen and oxygen atoms in total. The lowest BCUT2D eigenvalue weighted by molar-refractivity contribution is 0.0612. The van der Waals surface area contributed by atoms with Crippen molar-refractivity contribution in [3.05, 3.63) is 47.0 Å². The average molecular weight is 388 g/mol. The monoisotopic (exact) mass is 388 g/mol. The molecule has 0 aliphatic heterocycles. The van der Waals surface area contributed by atoms with Crippen molar-refractivity contribution in [3.63, 3.8) is 0 Å². The lowest BCUT2D eigenvalue weighted by Crippen LogP contribution is -2.26. The van der Waals surface area contributed by atoms with Crippen LogP contribution in [0.25, 0.3) is 0 Å². The van der Waals surface area contributed by atoms with Crippen LogP contribution in [-0.2, 0) is 6.42 Å². The molecule has 2 aromatic rings. The van der Waals surface area contributed by atoms with Crippen LogP contribution in [0.5, 0.6) is 23.0 Å². The second kappa shape index (κ2) is 9.23. The van der Waals surface area contributed by atoms with E-state index in [4.69, 9.17) is 9.47 Å². The van der Waals surface area contributed by atoms with Crippen molar-refractivity contribution in [2.24, 2.45) is 0 Å². The Bertz CT molecular complexity index is 873. The highest BCUT2D eigenvalue weighted by atomic mass is 16.5. The topological polar surface area (TPSA) is 113 Å². The van der Waals surface area contributed by atoms with Crippen molar-refractivity contribution in [1.82, 2.24) is 0 Å². The number of ketones is 2. The number of carbonyl (C=O) groups is 2. The summed E-state index contributed by atoms with van der Waals surface area (Å²) in [6, 6.07) is 7.65. The number of aliphatic hydroxyl groups excluding tert-OH is 1. The summed E-state index contributed by atoms with van der Waals surface area (Å²) in [5, 5.41) is 30.1. The van der Waals surface area contributed by atoms with Gasteiger partial charge in [-0.05, 0) is 44.0 Å². The Labute approximate surface area is 163 Å². The SMILES string of the molecule is CCc1ccc(OCC(O)COc2cccc(O)c2C(C)=O)c(C(C)=O)c1O. The van der Waals surface area contributed by atoms with E-state index in [-0.39, 0.29) is 58.9 Å². The van der Waals surface area contributed by atoms with Gasteiger partial charge in [0.25, 0.3) is 0 Å². The summed E-state index contributed by atoms with van der Waals surface area (Å²) in [6.07, 6.45) is -0.513. The molecule has 0 amide bonds. The van der Waals surface area contributed by atoms with Gasteiger partial charge >= 0.3 is 0 Å². The molecule has 2 rings (SSSR count). The van der Waals surface area contributed by atoms with E-state index in [1.54, 1.807) is 12.1 Å². The van der Waals surface area contributed by atoms with Gasteiger partial charge in [-0.25, -0.2) is 0 Å². The Morgan fingerprint density at radius 3 is 2.04 bits per heavy atom. The number of carbonyl (C=O) groups excluding carboxylic acids is 2. The first-order chi connectivity index (χ1) is 13.3. The van der Waals surface area contributed by atoms with E-state index in [0.29, 0.717) is 12.0 Å². The Hall–Kier alpha value is -3.06. The Morgan fingerprint density at radius 2 is 1.50 bits per heavy atom. The smallest absolute Gasteiger partial charge is 0.167 e. The first-order valence-electron chi connectivity index (χ1n) is 8.88. The predicted molar refractivity (Wildman–Crippen MR) is 103 cm³/mol. The number of rotatable bonds is 9. The van der Waals surface area contributed by atoms with E-state index >= 15 is 0 Å². The summed E-state index contributed by atoms with van der Waals surface area (Å²) in [4.78, 5) is 23.5. The molecule has 0 radical (unpaired) electrons. The number of hydrogen-bond acceptors (Lipinski definition) is 7. The van der Waals surface area contributed by atoms with Gasteiger partial charge in [0.15, 0.2) is 11.6 Å². The van der Waals surface area contributed by atoms with Crippen LogP contribution in [0.4, 0.5) is 0 Å². The van der Waals surface area contributed by atoms with Crippen LogP contribution in [0.2, 0.25) is 0 Å². The molecule has 0 aromatic heterocycles. The van der Waals surface area contributed by atoms with E-state index in [1.807, 2.05) is 6.92 Å². The van der Waals surface area contributed by atoms with E-state index < -0.39 is 6.10 Å². The largest absolute Gasteiger partial charge is 0.507 e. The molecule has 1 unspecified atom stereocenters. The van der Waals surface area contributed by atoms with Crippen LogP contribution >= 0.6 is 0 Å². The molecular weight excluding hydrogens is 364 g/mol. The van der Waals surface area contributed by atoms with Crippen LogP contribution < -0.4 is 9.47 Å². The third-order valence-corrected chi connectivity index (χ3v) is 4.17. The maximum absolute atomic E-state index is 11.9. The number of hydrogen-bond donors (Lipinski definition) is 3. The van der Waals surface area contributed by atoms with Gasteiger partial charge in [0.1, 0.15) is 53.4 Å². The van der Waals surface area contributed by atoms with Gasteiger partial charge in [0, 0.05) is 0 Å². The lowest BCUT2D eigenvalue weighted by Gasteiger charge is -2.17. The van der Waals surface area contributed by atoms with Crippen LogP contribution in [0.3, 0.4) is 0 Å². The summed E-state index contributed by atoms with van der Waals surface area (Å²) < 4.78 is 10.9. The molecule has 7 heteroatoms. The molecule has 0 saturated carbocycles. The summed E-state index contributed by atoms with van der Waals surface area (Å²) in [7, 11) is 0. The zero-order valence-electron chi connectivity index (χ0n) is 16.1. The summed E-state index contributed by atoms with van der Waals surface area (Å²) in [5.74, 6) is -0.711. The Kier molecular flexibility index (Phi) is 7.00. The summed E-state index contributed by atoms with van der Waals surface area (Å²) in [5.41, 5.74) is 0.732. The molecule has 28 heavy (non-hydrogen) atoms. The molecule has 0 spiro atoms. The van der Waals surface area contributed by atoms with Gasteiger partial charge in [-0.3, -0.25) is 9.59 Å². The van der Waals surface area contributed by atoms with Gasteiger partial charge in [-0.2, -0.15) is 0 Å². The number of ether oxygens (including phenoxy) is 2. The van der Waals surface area contributed by atoms with Crippen LogP contribution in [0, 0.1) is 0 Å². The van der Waals surface area contributed by atoms with Crippen molar-refractivity contribution < 1.29 is 34.4 Å². The fourth-order valence-electron chi connectivity index (χ4n) is 2.78. The maximum Gasteiger partial charge on any atom is 0.167 e. The minimum Gasteiger partial charge on any atom is -0.507 e. The zero-order chi connectivity index (χ0) is 20.8. The number of phenols is 2. The predicted octanol–water partition coefficient (Wildman–Crippen LogP) is 2.88. The molecule has 0 aliphatic rings. The normalized spacial score (nSPS) is 11.7. The number of benzene rings is 2. The molecule has 2 aromatic carbocycles. The van der Waals surface area contributed by atoms with Gasteiger partial charge in [-0.15, -0.1) is 0 Å². The van der Waals surface area contributed by atoms with Crippen molar-refractivity contribution in [2.75, 3.05) is 13.2 Å². The van der Waals surface area contributed by atoms with Gasteiger partial charge < -0.3 is 24.8 Å². The quantitative estimate of drug-likeness (QED) is 0.566. The molecule has 1 atom stereocenters. The van der Waals surface area contributed by atoms with E-state index in [9.17, 15) is 24.9 Å². The first-order valence-corrected chi connectivity index (χ1v) is 8.88. The maximum atomic E-state index is 11.9. The van der Waals surface area contributed by atoms with Crippen molar-refractivity contribution in [3.8, 4) is 23.0 Å². The fourth-order valence-corrected chi connectivity index (χ4v) is 2.78. The number of aliphatic hydroxyl groups is 1. The van der Waals surface area contributed by atoms with Crippen molar-refractivity contribution in [2.45, 2.75) is 33.3 Å². The minimum absolute atomic E-state index is 0.0366. The number of aryl methyl sites for hydroxylation is 1. The average Bonchev–Trinajstić information content (AvgIpc) is 2.63. The van der Waals surface area contributed by atoms with Gasteiger partial charge in [0.05, 0.1) is 0 Å². The van der Waals surface area contributed by atoms with Crippen molar-refractivity contribution >= 4 is 11.6 Å². The molecule has 150 valence electrons. The highest BCUT2D eigenvalue weighted by Crippen LogP contribution is 2.32. The Balaban J connectivity index is 2.05.